The second-order valence-corrected chi connectivity index (χ2v) is 4.89. The highest BCUT2D eigenvalue weighted by atomic mass is 127. The van der Waals surface area contributed by atoms with Gasteiger partial charge in [0.1, 0.15) is 0 Å². The Morgan fingerprint density at radius 3 is 2.22 bits per heavy atom. The normalized spacial score (nSPS) is 22.9. The van der Waals surface area contributed by atoms with Gasteiger partial charge < -0.3 is 11.5 Å². The van der Waals surface area contributed by atoms with Crippen molar-refractivity contribution in [3.05, 3.63) is 35.9 Å². The minimum atomic E-state index is 0. The molecule has 0 unspecified atom stereocenters. The zero-order chi connectivity index (χ0) is 12.1. The van der Waals surface area contributed by atoms with Crippen molar-refractivity contribution in [2.45, 2.75) is 31.6 Å². The molecule has 1 aliphatic rings. The molecule has 0 atom stereocenters. The smallest absolute Gasteiger partial charge is 0.185 e. The third kappa shape index (κ3) is 4.48. The van der Waals surface area contributed by atoms with Crippen molar-refractivity contribution >= 4 is 29.9 Å². The number of rotatable bonds is 3. The lowest BCUT2D eigenvalue weighted by atomic mass is 9.79. The number of nitrogens with two attached hydrogens (primary N) is 2. The van der Waals surface area contributed by atoms with Crippen LogP contribution in [0.4, 0.5) is 0 Å². The maximum absolute atomic E-state index is 5.36. The first-order valence-electron chi connectivity index (χ1n) is 6.36. The van der Waals surface area contributed by atoms with Crippen molar-refractivity contribution in [1.82, 2.24) is 0 Å². The maximum Gasteiger partial charge on any atom is 0.185 e. The third-order valence-corrected chi connectivity index (χ3v) is 3.65. The molecular weight excluding hydrogens is 337 g/mol. The largest absolute Gasteiger partial charge is 0.370 e. The number of guanidine groups is 1. The summed E-state index contributed by atoms with van der Waals surface area (Å²) in [6, 6.07) is 10.8. The fraction of sp³-hybridized carbons (Fsp3) is 0.500. The number of halogens is 1. The zero-order valence-corrected chi connectivity index (χ0v) is 12.9. The lowest BCUT2D eigenvalue weighted by Gasteiger charge is -2.27. The van der Waals surface area contributed by atoms with Gasteiger partial charge in [-0.1, -0.05) is 30.3 Å². The minimum Gasteiger partial charge on any atom is -0.370 e. The van der Waals surface area contributed by atoms with E-state index < -0.39 is 0 Å². The van der Waals surface area contributed by atoms with Crippen molar-refractivity contribution in [3.63, 3.8) is 0 Å². The van der Waals surface area contributed by atoms with Crippen molar-refractivity contribution in [2.24, 2.45) is 22.4 Å². The van der Waals surface area contributed by atoms with Crippen LogP contribution in [0.15, 0.2) is 35.3 Å². The average Bonchev–Trinajstić information content (AvgIpc) is 2.38. The average molecular weight is 359 g/mol. The van der Waals surface area contributed by atoms with Crippen LogP contribution in [0, 0.1) is 5.92 Å². The Kier molecular flexibility index (Phi) is 6.46. The van der Waals surface area contributed by atoms with E-state index in [1.807, 2.05) is 0 Å². The summed E-state index contributed by atoms with van der Waals surface area (Å²) < 4.78 is 0. The quantitative estimate of drug-likeness (QED) is 0.495. The number of aliphatic imine (C=N–C) groups is 1. The predicted molar refractivity (Wildman–Crippen MR) is 87.2 cm³/mol. The van der Waals surface area contributed by atoms with Gasteiger partial charge in [0.2, 0.25) is 0 Å². The van der Waals surface area contributed by atoms with Gasteiger partial charge in [0.15, 0.2) is 5.96 Å². The lowest BCUT2D eigenvalue weighted by Crippen LogP contribution is -2.25. The van der Waals surface area contributed by atoms with Gasteiger partial charge in [-0.05, 0) is 43.1 Å². The Hall–Kier alpha value is -0.780. The van der Waals surface area contributed by atoms with Gasteiger partial charge in [-0.2, -0.15) is 0 Å². The van der Waals surface area contributed by atoms with Gasteiger partial charge in [0.25, 0.3) is 0 Å². The molecule has 0 amide bonds. The number of nitrogens with zero attached hydrogens (tertiary/aromatic N) is 1. The van der Waals surface area contributed by atoms with Crippen LogP contribution in [0.2, 0.25) is 0 Å². The van der Waals surface area contributed by atoms with E-state index in [2.05, 4.69) is 35.3 Å². The Labute approximate surface area is 126 Å². The highest BCUT2D eigenvalue weighted by Crippen LogP contribution is 2.35. The van der Waals surface area contributed by atoms with Crippen molar-refractivity contribution in [3.8, 4) is 0 Å². The van der Waals surface area contributed by atoms with E-state index in [4.69, 9.17) is 11.5 Å². The Morgan fingerprint density at radius 1 is 1.06 bits per heavy atom. The highest BCUT2D eigenvalue weighted by molar-refractivity contribution is 14.0. The summed E-state index contributed by atoms with van der Waals surface area (Å²) in [7, 11) is 0. The standard InChI is InChI=1S/C14H21N3.HI/c15-14(16)17-10-11-6-8-13(9-7-11)12-4-2-1-3-5-12;/h1-5,11,13H,6-10H2,(H4,15,16,17);1H. The van der Waals surface area contributed by atoms with Gasteiger partial charge in [-0.25, -0.2) is 0 Å². The summed E-state index contributed by atoms with van der Waals surface area (Å²) in [6.45, 7) is 0.795. The van der Waals surface area contributed by atoms with Crippen molar-refractivity contribution in [2.75, 3.05) is 6.54 Å². The second kappa shape index (κ2) is 7.61. The zero-order valence-electron chi connectivity index (χ0n) is 10.6. The van der Waals surface area contributed by atoms with Crippen LogP contribution in [0.25, 0.3) is 0 Å². The van der Waals surface area contributed by atoms with E-state index in [0.717, 1.165) is 12.5 Å². The van der Waals surface area contributed by atoms with Crippen LogP contribution in [-0.2, 0) is 0 Å². The van der Waals surface area contributed by atoms with Crippen molar-refractivity contribution in [1.29, 1.82) is 0 Å². The van der Waals surface area contributed by atoms with E-state index in [1.54, 1.807) is 0 Å². The van der Waals surface area contributed by atoms with Crippen LogP contribution in [0.5, 0.6) is 0 Å². The van der Waals surface area contributed by atoms with E-state index in [-0.39, 0.29) is 29.9 Å². The molecule has 1 aliphatic carbocycles. The summed E-state index contributed by atoms with van der Waals surface area (Å²) in [5, 5.41) is 0. The molecule has 0 bridgehead atoms. The van der Waals surface area contributed by atoms with Gasteiger partial charge in [0.05, 0.1) is 0 Å². The van der Waals surface area contributed by atoms with Gasteiger partial charge in [0, 0.05) is 6.54 Å². The van der Waals surface area contributed by atoms with Crippen molar-refractivity contribution < 1.29 is 0 Å². The molecule has 0 spiro atoms. The highest BCUT2D eigenvalue weighted by Gasteiger charge is 2.21. The van der Waals surface area contributed by atoms with Gasteiger partial charge in [-0.15, -0.1) is 24.0 Å². The molecule has 0 radical (unpaired) electrons. The second-order valence-electron chi connectivity index (χ2n) is 4.89. The van der Waals surface area contributed by atoms with Crippen LogP contribution < -0.4 is 11.5 Å². The molecule has 18 heavy (non-hydrogen) atoms. The molecule has 0 heterocycles. The summed E-state index contributed by atoms with van der Waals surface area (Å²) in [5.41, 5.74) is 12.2. The summed E-state index contributed by atoms with van der Waals surface area (Å²) in [4.78, 5) is 4.12. The number of hydrogen-bond donors (Lipinski definition) is 2. The van der Waals surface area contributed by atoms with Gasteiger partial charge in [-0.3, -0.25) is 4.99 Å². The molecule has 1 saturated carbocycles. The lowest BCUT2D eigenvalue weighted by molar-refractivity contribution is 0.333. The Balaban J connectivity index is 0.00000162. The van der Waals surface area contributed by atoms with E-state index in [1.165, 1.54) is 31.2 Å². The monoisotopic (exact) mass is 359 g/mol. The molecule has 0 aliphatic heterocycles. The fourth-order valence-corrected chi connectivity index (χ4v) is 2.64. The third-order valence-electron chi connectivity index (χ3n) is 3.65. The first kappa shape index (κ1) is 15.3. The molecule has 4 heteroatoms. The van der Waals surface area contributed by atoms with E-state index >= 15 is 0 Å². The summed E-state index contributed by atoms with van der Waals surface area (Å²) in [5.74, 6) is 1.61. The Bertz CT molecular complexity index is 366. The van der Waals surface area contributed by atoms with E-state index in [0.29, 0.717) is 5.92 Å². The molecule has 4 N–H and O–H groups in total. The summed E-state index contributed by atoms with van der Waals surface area (Å²) >= 11 is 0. The Morgan fingerprint density at radius 2 is 1.67 bits per heavy atom. The van der Waals surface area contributed by atoms with E-state index in [9.17, 15) is 0 Å². The predicted octanol–water partition coefficient (Wildman–Crippen LogP) is 2.85. The molecule has 100 valence electrons. The SMILES string of the molecule is I.NC(N)=NCC1CCC(c2ccccc2)CC1. The fourth-order valence-electron chi connectivity index (χ4n) is 2.64. The molecule has 1 fully saturated rings. The van der Waals surface area contributed by atoms with Crippen LogP contribution >= 0.6 is 24.0 Å². The van der Waals surface area contributed by atoms with Crippen LogP contribution in [-0.4, -0.2) is 12.5 Å². The number of hydrogen-bond acceptors (Lipinski definition) is 1. The molecule has 1 aromatic rings. The molecular formula is C14H22IN3. The first-order chi connectivity index (χ1) is 8.25. The summed E-state index contributed by atoms with van der Waals surface area (Å²) in [6.07, 6.45) is 4.98. The van der Waals surface area contributed by atoms with Gasteiger partial charge >= 0.3 is 0 Å². The molecule has 1 aromatic carbocycles. The number of benzene rings is 1. The molecule has 0 aromatic heterocycles. The topological polar surface area (TPSA) is 64.4 Å². The molecule has 0 saturated heterocycles. The first-order valence-corrected chi connectivity index (χ1v) is 6.36. The van der Waals surface area contributed by atoms with Crippen LogP contribution in [0.1, 0.15) is 37.2 Å². The molecule has 2 rings (SSSR count). The maximum atomic E-state index is 5.36. The minimum absolute atomic E-state index is 0. The van der Waals surface area contributed by atoms with Crippen LogP contribution in [0.3, 0.4) is 0 Å². The molecule has 3 nitrogen and oxygen atoms in total.